The van der Waals surface area contributed by atoms with Crippen LogP contribution in [0.15, 0.2) is 72.9 Å². The van der Waals surface area contributed by atoms with E-state index in [1.54, 1.807) is 30.5 Å². The molecule has 3 aliphatic heterocycles. The maximum absolute atomic E-state index is 14.1. The molecule has 2 fully saturated rings. The molecule has 39 heavy (non-hydrogen) atoms. The summed E-state index contributed by atoms with van der Waals surface area (Å²) in [6.07, 6.45) is 3.65. The third kappa shape index (κ3) is 3.59. The summed E-state index contributed by atoms with van der Waals surface area (Å²) in [6, 6.07) is 16.4. The van der Waals surface area contributed by atoms with Crippen molar-refractivity contribution in [3.63, 3.8) is 0 Å². The van der Waals surface area contributed by atoms with Gasteiger partial charge in [-0.3, -0.25) is 24.5 Å². The van der Waals surface area contributed by atoms with Crippen molar-refractivity contribution in [1.29, 1.82) is 0 Å². The standard InChI is InChI=1S/C29H23N3O7/c1-38-19-10-7-17(8-11-19)27(33)26-24-23(25-20-6-4-3-5-16(20)13-14-30(25)26)28(34)31(29(24)35)21-15-18(32(36)37)9-12-22(21)39-2/h3-15,23-26H,1-2H3/t23-,24+,25?,26-/m1/s1. The molecule has 4 atom stereocenters. The van der Waals surface area contributed by atoms with Gasteiger partial charge < -0.3 is 14.4 Å². The topological polar surface area (TPSA) is 119 Å². The third-order valence-electron chi connectivity index (χ3n) is 7.72. The van der Waals surface area contributed by atoms with Crippen LogP contribution in [0.1, 0.15) is 27.5 Å². The minimum absolute atomic E-state index is 0.0158. The van der Waals surface area contributed by atoms with Gasteiger partial charge >= 0.3 is 0 Å². The fourth-order valence-electron chi connectivity index (χ4n) is 5.99. The number of nitro benzene ring substituents is 1. The fraction of sp³-hybridized carbons (Fsp3) is 0.207. The van der Waals surface area contributed by atoms with Gasteiger partial charge in [-0.15, -0.1) is 0 Å². The minimum Gasteiger partial charge on any atom is -0.497 e. The van der Waals surface area contributed by atoms with Crippen molar-refractivity contribution in [2.45, 2.75) is 12.1 Å². The van der Waals surface area contributed by atoms with Gasteiger partial charge in [-0.2, -0.15) is 0 Å². The van der Waals surface area contributed by atoms with Crippen molar-refractivity contribution < 1.29 is 28.8 Å². The SMILES string of the molecule is COc1ccc(C(=O)[C@H]2[C@H]3C(=O)N(c4cc([N+](=O)[O-])ccc4OC)C(=O)[C@H]3C3c4ccccc4C=CN32)cc1. The first-order valence-corrected chi connectivity index (χ1v) is 12.3. The Balaban J connectivity index is 1.50. The molecule has 0 saturated carbocycles. The molecule has 0 bridgehead atoms. The molecule has 3 aliphatic rings. The highest BCUT2D eigenvalue weighted by Gasteiger charge is 2.64. The van der Waals surface area contributed by atoms with Crippen molar-refractivity contribution in [3.05, 3.63) is 99.7 Å². The lowest BCUT2D eigenvalue weighted by atomic mass is 9.83. The minimum atomic E-state index is -1.02. The molecule has 1 unspecified atom stereocenters. The quantitative estimate of drug-likeness (QED) is 0.205. The third-order valence-corrected chi connectivity index (χ3v) is 7.72. The van der Waals surface area contributed by atoms with Gasteiger partial charge in [-0.1, -0.05) is 24.3 Å². The Hall–Kier alpha value is -4.99. The van der Waals surface area contributed by atoms with Crippen molar-refractivity contribution in [3.8, 4) is 11.5 Å². The van der Waals surface area contributed by atoms with E-state index >= 15 is 0 Å². The zero-order valence-corrected chi connectivity index (χ0v) is 21.0. The summed E-state index contributed by atoms with van der Waals surface area (Å²) in [6.45, 7) is 0. The van der Waals surface area contributed by atoms with Crippen molar-refractivity contribution in [2.24, 2.45) is 11.8 Å². The van der Waals surface area contributed by atoms with Crippen molar-refractivity contribution in [2.75, 3.05) is 19.1 Å². The molecule has 2 saturated heterocycles. The van der Waals surface area contributed by atoms with Gasteiger partial charge in [0, 0.05) is 23.9 Å². The van der Waals surface area contributed by atoms with Gasteiger partial charge in [-0.25, -0.2) is 4.90 Å². The lowest BCUT2D eigenvalue weighted by molar-refractivity contribution is -0.384. The van der Waals surface area contributed by atoms with Gasteiger partial charge in [0.1, 0.15) is 23.2 Å². The second-order valence-electron chi connectivity index (χ2n) is 9.55. The van der Waals surface area contributed by atoms with Crippen LogP contribution < -0.4 is 14.4 Å². The summed E-state index contributed by atoms with van der Waals surface area (Å²) in [5.74, 6) is -2.63. The van der Waals surface area contributed by atoms with Gasteiger partial charge in [0.2, 0.25) is 11.8 Å². The Morgan fingerprint density at radius 3 is 2.33 bits per heavy atom. The Morgan fingerprint density at radius 2 is 1.64 bits per heavy atom. The Bertz CT molecular complexity index is 1570. The summed E-state index contributed by atoms with van der Waals surface area (Å²) >= 11 is 0. The molecule has 0 radical (unpaired) electrons. The highest BCUT2D eigenvalue weighted by atomic mass is 16.6. The van der Waals surface area contributed by atoms with Gasteiger partial charge in [0.15, 0.2) is 5.78 Å². The highest BCUT2D eigenvalue weighted by Crippen LogP contribution is 2.54. The van der Waals surface area contributed by atoms with Gasteiger partial charge in [0.25, 0.3) is 5.69 Å². The molecule has 0 N–H and O–H groups in total. The highest BCUT2D eigenvalue weighted by molar-refractivity contribution is 6.25. The molecule has 2 amide bonds. The number of carbonyl (C=O) groups is 3. The van der Waals surface area contributed by atoms with E-state index in [-0.39, 0.29) is 22.9 Å². The Kier molecular flexibility index (Phi) is 5.67. The van der Waals surface area contributed by atoms with E-state index in [0.29, 0.717) is 11.3 Å². The van der Waals surface area contributed by atoms with Crippen LogP contribution in [0.2, 0.25) is 0 Å². The summed E-state index contributed by atoms with van der Waals surface area (Å²) in [5.41, 5.74) is 1.79. The molecule has 6 rings (SSSR count). The number of carbonyl (C=O) groups excluding carboxylic acids is 3. The summed E-state index contributed by atoms with van der Waals surface area (Å²) < 4.78 is 10.6. The van der Waals surface area contributed by atoms with Gasteiger partial charge in [-0.05, 0) is 47.5 Å². The monoisotopic (exact) mass is 525 g/mol. The first kappa shape index (κ1) is 24.4. The average Bonchev–Trinajstić information content (AvgIpc) is 3.44. The number of Topliss-reactive ketones (excluding diaryl/α,β-unsaturated/α-hetero) is 1. The number of ketones is 1. The molecule has 10 heteroatoms. The smallest absolute Gasteiger partial charge is 0.271 e. The summed E-state index contributed by atoms with van der Waals surface area (Å²) in [5, 5.41) is 11.5. The Labute approximate surface area is 223 Å². The number of nitrogens with zero attached hydrogens (tertiary/aromatic N) is 3. The molecular weight excluding hydrogens is 502 g/mol. The molecule has 0 aromatic heterocycles. The van der Waals surface area contributed by atoms with Crippen LogP contribution in [0.5, 0.6) is 11.5 Å². The van der Waals surface area contributed by atoms with Crippen LogP contribution in [0.25, 0.3) is 6.08 Å². The zero-order valence-electron chi connectivity index (χ0n) is 21.0. The van der Waals surface area contributed by atoms with Crippen LogP contribution in [-0.2, 0) is 9.59 Å². The first-order chi connectivity index (χ1) is 18.8. The van der Waals surface area contributed by atoms with Crippen LogP contribution in [0.4, 0.5) is 11.4 Å². The number of anilines is 1. The van der Waals surface area contributed by atoms with E-state index in [2.05, 4.69) is 0 Å². The number of nitro groups is 1. The molecule has 3 aromatic rings. The number of ether oxygens (including phenoxy) is 2. The van der Waals surface area contributed by atoms with Crippen molar-refractivity contribution >= 4 is 35.0 Å². The largest absolute Gasteiger partial charge is 0.497 e. The number of non-ortho nitro benzene ring substituents is 1. The number of hydrogen-bond acceptors (Lipinski definition) is 8. The van der Waals surface area contributed by atoms with Crippen LogP contribution in [-0.4, -0.2) is 47.7 Å². The number of methoxy groups -OCH3 is 2. The molecule has 0 spiro atoms. The second kappa shape index (κ2) is 9.09. The van der Waals surface area contributed by atoms with E-state index in [1.165, 1.54) is 26.4 Å². The Morgan fingerprint density at radius 1 is 0.923 bits per heavy atom. The van der Waals surface area contributed by atoms with E-state index < -0.39 is 40.7 Å². The maximum Gasteiger partial charge on any atom is 0.271 e. The van der Waals surface area contributed by atoms with E-state index in [0.717, 1.165) is 22.1 Å². The van der Waals surface area contributed by atoms with Crippen LogP contribution >= 0.6 is 0 Å². The van der Waals surface area contributed by atoms with E-state index in [4.69, 9.17) is 9.47 Å². The predicted octanol–water partition coefficient (Wildman–Crippen LogP) is 4.01. The number of fused-ring (bicyclic) bond motifs is 5. The van der Waals surface area contributed by atoms with Crippen molar-refractivity contribution in [1.82, 2.24) is 4.90 Å². The molecule has 10 nitrogen and oxygen atoms in total. The first-order valence-electron chi connectivity index (χ1n) is 12.3. The number of benzene rings is 3. The normalized spacial score (nSPS) is 22.8. The zero-order chi connectivity index (χ0) is 27.4. The lowest BCUT2D eigenvalue weighted by Gasteiger charge is -2.35. The molecule has 196 valence electrons. The molecular formula is C29H23N3O7. The van der Waals surface area contributed by atoms with E-state index in [1.807, 2.05) is 35.2 Å². The molecule has 0 aliphatic carbocycles. The van der Waals surface area contributed by atoms with Crippen LogP contribution in [0, 0.1) is 22.0 Å². The summed E-state index contributed by atoms with van der Waals surface area (Å²) in [7, 11) is 2.88. The molecule has 3 aromatic carbocycles. The fourth-order valence-corrected chi connectivity index (χ4v) is 5.99. The summed E-state index contributed by atoms with van der Waals surface area (Å²) in [4.78, 5) is 55.9. The number of amides is 2. The number of rotatable bonds is 6. The predicted molar refractivity (Wildman–Crippen MR) is 140 cm³/mol. The average molecular weight is 526 g/mol. The lowest BCUT2D eigenvalue weighted by Crippen LogP contribution is -2.44. The number of imide groups is 1. The second-order valence-corrected chi connectivity index (χ2v) is 9.55. The molecule has 3 heterocycles. The number of hydrogen-bond donors (Lipinski definition) is 0. The van der Waals surface area contributed by atoms with Gasteiger partial charge in [0.05, 0.1) is 37.0 Å². The van der Waals surface area contributed by atoms with Crippen LogP contribution in [0.3, 0.4) is 0 Å². The maximum atomic E-state index is 14.1. The van der Waals surface area contributed by atoms with E-state index in [9.17, 15) is 24.5 Å².